The number of fused-ring (bicyclic) bond motifs is 1. The van der Waals surface area contributed by atoms with E-state index in [9.17, 15) is 9.18 Å². The molecule has 4 heteroatoms. The van der Waals surface area contributed by atoms with Crippen molar-refractivity contribution in [2.75, 3.05) is 5.32 Å². The van der Waals surface area contributed by atoms with Gasteiger partial charge in [0.2, 0.25) is 5.91 Å². The Balaban J connectivity index is 1.61. The van der Waals surface area contributed by atoms with Crippen molar-refractivity contribution in [3.05, 3.63) is 89.2 Å². The Labute approximate surface area is 169 Å². The van der Waals surface area contributed by atoms with E-state index in [0.717, 1.165) is 44.5 Å². The van der Waals surface area contributed by atoms with Gasteiger partial charge in [-0.2, -0.15) is 0 Å². The summed E-state index contributed by atoms with van der Waals surface area (Å²) < 4.78 is 13.4. The van der Waals surface area contributed by atoms with Gasteiger partial charge in [0.05, 0.1) is 0 Å². The number of hydrogen-bond acceptors (Lipinski definition) is 1. The summed E-state index contributed by atoms with van der Waals surface area (Å²) in [5, 5.41) is 4.15. The molecule has 1 amide bonds. The lowest BCUT2D eigenvalue weighted by Crippen LogP contribution is -2.14. The van der Waals surface area contributed by atoms with Gasteiger partial charge in [-0.25, -0.2) is 4.39 Å². The number of aryl methyl sites for hydroxylation is 3. The summed E-state index contributed by atoms with van der Waals surface area (Å²) in [7, 11) is 0. The number of halogens is 1. The fraction of sp³-hybridized carbons (Fsp3) is 0.160. The van der Waals surface area contributed by atoms with Crippen LogP contribution < -0.4 is 5.32 Å². The van der Waals surface area contributed by atoms with E-state index in [0.29, 0.717) is 12.8 Å². The van der Waals surface area contributed by atoms with Crippen molar-refractivity contribution in [2.45, 2.75) is 26.7 Å². The first kappa shape index (κ1) is 18.9. The number of aromatic nitrogens is 1. The predicted molar refractivity (Wildman–Crippen MR) is 117 cm³/mol. The Morgan fingerprint density at radius 3 is 2.34 bits per heavy atom. The molecule has 0 aliphatic carbocycles. The largest absolute Gasteiger partial charge is 0.354 e. The minimum atomic E-state index is -0.264. The second kappa shape index (κ2) is 7.92. The van der Waals surface area contributed by atoms with Gasteiger partial charge in [0.25, 0.3) is 0 Å². The Morgan fingerprint density at radius 2 is 1.62 bits per heavy atom. The zero-order valence-electron chi connectivity index (χ0n) is 16.6. The molecule has 0 aliphatic heterocycles. The van der Waals surface area contributed by atoms with Crippen LogP contribution in [0.25, 0.3) is 22.2 Å². The van der Waals surface area contributed by atoms with Gasteiger partial charge in [0.1, 0.15) is 5.82 Å². The van der Waals surface area contributed by atoms with Gasteiger partial charge in [-0.05, 0) is 72.9 Å². The number of benzene rings is 3. The molecule has 1 heterocycles. The third-order valence-corrected chi connectivity index (χ3v) is 5.29. The second-order valence-corrected chi connectivity index (χ2v) is 7.35. The highest BCUT2D eigenvalue weighted by molar-refractivity contribution is 5.94. The van der Waals surface area contributed by atoms with E-state index >= 15 is 0 Å². The van der Waals surface area contributed by atoms with Crippen molar-refractivity contribution < 1.29 is 9.18 Å². The van der Waals surface area contributed by atoms with Gasteiger partial charge in [-0.1, -0.05) is 36.4 Å². The summed E-state index contributed by atoms with van der Waals surface area (Å²) >= 11 is 0. The third-order valence-electron chi connectivity index (χ3n) is 5.29. The number of nitrogens with one attached hydrogen (secondary N) is 2. The highest BCUT2D eigenvalue weighted by Crippen LogP contribution is 2.31. The molecular formula is C25H23FN2O. The molecule has 0 bridgehead atoms. The van der Waals surface area contributed by atoms with Gasteiger partial charge in [-0.15, -0.1) is 0 Å². The van der Waals surface area contributed by atoms with E-state index in [1.54, 1.807) is 12.1 Å². The van der Waals surface area contributed by atoms with Crippen LogP contribution in [0.2, 0.25) is 0 Å². The van der Waals surface area contributed by atoms with Crippen molar-refractivity contribution in [3.8, 4) is 11.3 Å². The molecule has 0 spiro atoms. The van der Waals surface area contributed by atoms with E-state index < -0.39 is 0 Å². The molecule has 0 aliphatic rings. The predicted octanol–water partition coefficient (Wildman–Crippen LogP) is 6.16. The molecule has 0 fully saturated rings. The normalized spacial score (nSPS) is 11.0. The number of amides is 1. The van der Waals surface area contributed by atoms with Gasteiger partial charge in [-0.3, -0.25) is 4.79 Å². The summed E-state index contributed by atoms with van der Waals surface area (Å²) in [6.45, 7) is 3.99. The fourth-order valence-corrected chi connectivity index (χ4v) is 3.77. The van der Waals surface area contributed by atoms with Gasteiger partial charge >= 0.3 is 0 Å². The van der Waals surface area contributed by atoms with E-state index in [-0.39, 0.29) is 11.7 Å². The lowest BCUT2D eigenvalue weighted by Gasteiger charge is -2.12. The molecule has 1 aromatic heterocycles. The molecule has 3 aromatic carbocycles. The number of rotatable bonds is 5. The maximum absolute atomic E-state index is 13.4. The summed E-state index contributed by atoms with van der Waals surface area (Å²) in [4.78, 5) is 16.1. The first-order valence-electron chi connectivity index (χ1n) is 9.74. The van der Waals surface area contributed by atoms with E-state index in [4.69, 9.17) is 0 Å². The summed E-state index contributed by atoms with van der Waals surface area (Å²) in [6.07, 6.45) is 0.956. The van der Waals surface area contributed by atoms with E-state index in [1.807, 2.05) is 50.2 Å². The van der Waals surface area contributed by atoms with Gasteiger partial charge in [0, 0.05) is 28.7 Å². The second-order valence-electron chi connectivity index (χ2n) is 7.35. The molecular weight excluding hydrogens is 363 g/mol. The van der Waals surface area contributed by atoms with Crippen LogP contribution in [0, 0.1) is 19.7 Å². The molecule has 0 saturated heterocycles. The molecule has 0 saturated carbocycles. The van der Waals surface area contributed by atoms with Crippen molar-refractivity contribution in [3.63, 3.8) is 0 Å². The number of carbonyl (C=O) groups excluding carboxylic acids is 1. The number of carbonyl (C=O) groups is 1. The molecule has 29 heavy (non-hydrogen) atoms. The van der Waals surface area contributed by atoms with Crippen LogP contribution in [0.4, 0.5) is 10.1 Å². The summed E-state index contributed by atoms with van der Waals surface area (Å²) in [6, 6.07) is 20.5. The smallest absolute Gasteiger partial charge is 0.224 e. The molecule has 2 N–H and O–H groups in total. The molecule has 0 atom stereocenters. The van der Waals surface area contributed by atoms with Crippen LogP contribution in [-0.4, -0.2) is 10.9 Å². The maximum atomic E-state index is 13.4. The van der Waals surface area contributed by atoms with Gasteiger partial charge in [0.15, 0.2) is 0 Å². The van der Waals surface area contributed by atoms with Crippen molar-refractivity contribution in [1.29, 1.82) is 0 Å². The van der Waals surface area contributed by atoms with E-state index in [2.05, 4.69) is 16.4 Å². The Hall–Kier alpha value is -3.40. The topological polar surface area (TPSA) is 44.9 Å². The number of hydrogen-bond donors (Lipinski definition) is 2. The fourth-order valence-electron chi connectivity index (χ4n) is 3.77. The monoisotopic (exact) mass is 386 g/mol. The number of anilines is 1. The number of aromatic amines is 1. The van der Waals surface area contributed by atoms with Crippen LogP contribution in [0.5, 0.6) is 0 Å². The summed E-state index contributed by atoms with van der Waals surface area (Å²) in [5.41, 5.74) is 6.92. The number of para-hydroxylation sites is 2. The first-order chi connectivity index (χ1) is 14.0. The Morgan fingerprint density at radius 1 is 0.931 bits per heavy atom. The van der Waals surface area contributed by atoms with Crippen LogP contribution in [0.15, 0.2) is 66.7 Å². The third kappa shape index (κ3) is 3.92. The highest BCUT2D eigenvalue weighted by Gasteiger charge is 2.15. The summed E-state index contributed by atoms with van der Waals surface area (Å²) in [5.74, 6) is -0.280. The molecule has 146 valence electrons. The maximum Gasteiger partial charge on any atom is 0.224 e. The lowest BCUT2D eigenvalue weighted by molar-refractivity contribution is -0.116. The van der Waals surface area contributed by atoms with E-state index in [1.165, 1.54) is 12.1 Å². The average Bonchev–Trinajstić information content (AvgIpc) is 3.08. The quantitative estimate of drug-likeness (QED) is 0.424. The van der Waals surface area contributed by atoms with Crippen molar-refractivity contribution in [2.24, 2.45) is 0 Å². The number of H-pyrrole nitrogens is 1. The van der Waals surface area contributed by atoms with Crippen LogP contribution in [-0.2, 0) is 11.2 Å². The molecule has 4 aromatic rings. The standard InChI is InChI=1S/C25H23FN2O/c1-16-6-5-7-17(2)24(16)28-23(29)15-14-21-20-8-3-4-9-22(20)27-25(21)18-10-12-19(26)13-11-18/h3-13,27H,14-15H2,1-2H3,(H,28,29). The lowest BCUT2D eigenvalue weighted by atomic mass is 10.0. The van der Waals surface area contributed by atoms with Crippen molar-refractivity contribution in [1.82, 2.24) is 4.98 Å². The Kier molecular flexibility index (Phi) is 5.17. The zero-order valence-corrected chi connectivity index (χ0v) is 16.6. The SMILES string of the molecule is Cc1cccc(C)c1NC(=O)CCc1c(-c2ccc(F)cc2)[nH]c2ccccc12. The molecule has 0 radical (unpaired) electrons. The molecule has 0 unspecified atom stereocenters. The minimum absolute atomic E-state index is 0.0160. The molecule has 4 rings (SSSR count). The van der Waals surface area contributed by atoms with Crippen molar-refractivity contribution >= 4 is 22.5 Å². The highest BCUT2D eigenvalue weighted by atomic mass is 19.1. The van der Waals surface area contributed by atoms with Crippen LogP contribution >= 0.6 is 0 Å². The first-order valence-corrected chi connectivity index (χ1v) is 9.74. The van der Waals surface area contributed by atoms with Crippen LogP contribution in [0.1, 0.15) is 23.1 Å². The van der Waals surface area contributed by atoms with Gasteiger partial charge < -0.3 is 10.3 Å². The minimum Gasteiger partial charge on any atom is -0.354 e. The van der Waals surface area contributed by atoms with Crippen LogP contribution in [0.3, 0.4) is 0 Å². The zero-order chi connectivity index (χ0) is 20.4. The average molecular weight is 386 g/mol. The molecule has 3 nitrogen and oxygen atoms in total. The Bertz CT molecular complexity index is 1160.